The Bertz CT molecular complexity index is 1840. The Balaban J connectivity index is 1.66. The highest BCUT2D eigenvalue weighted by atomic mass is 19.1. The fourth-order valence-corrected chi connectivity index (χ4v) is 6.05. The van der Waals surface area contributed by atoms with Gasteiger partial charge in [0.2, 0.25) is 5.91 Å². The van der Waals surface area contributed by atoms with Crippen LogP contribution in [0.3, 0.4) is 0 Å². The molecule has 9 nitrogen and oxygen atoms in total. The van der Waals surface area contributed by atoms with Crippen molar-refractivity contribution >= 4 is 22.8 Å². The number of carbonyl (C=O) groups excluding carboxylic acids is 1. The standard InChI is InChI=1S/C33H34F2N6O3/c1-5-27(42)39-12-13-40(20(4)18-39)31-22-16-24(35)30-28-23(34)10-8-11-26(28)44-14-7-6-9-21-15-25(29(19(2)3)36-17-21)41(32(22)37-30)33(43)38-31/h5,8,10-11,15-17,19-20H,1,6-7,9,12-14,18H2,2-4H3/t20-/m1/s1. The van der Waals surface area contributed by atoms with Crippen molar-refractivity contribution in [1.29, 1.82) is 0 Å². The summed E-state index contributed by atoms with van der Waals surface area (Å²) in [7, 11) is 0. The topological polar surface area (TPSA) is 93.5 Å². The number of benzene rings is 1. The molecule has 2 aliphatic rings. The fraction of sp³-hybridized carbons (Fsp3) is 0.364. The van der Waals surface area contributed by atoms with Crippen molar-refractivity contribution in [3.63, 3.8) is 0 Å². The molecule has 0 aliphatic carbocycles. The van der Waals surface area contributed by atoms with Gasteiger partial charge in [-0.15, -0.1) is 0 Å². The molecule has 1 amide bonds. The maximum Gasteiger partial charge on any atom is 0.355 e. The summed E-state index contributed by atoms with van der Waals surface area (Å²) in [6, 6.07) is 7.27. The first-order valence-electron chi connectivity index (χ1n) is 14.9. The lowest BCUT2D eigenvalue weighted by Gasteiger charge is -2.40. The summed E-state index contributed by atoms with van der Waals surface area (Å²) in [6.07, 6.45) is 5.22. The molecule has 6 rings (SSSR count). The number of carbonyl (C=O) groups is 1. The number of fused-ring (bicyclic) bond motifs is 6. The smallest absolute Gasteiger partial charge is 0.355 e. The van der Waals surface area contributed by atoms with Crippen LogP contribution in [0.25, 0.3) is 28.0 Å². The van der Waals surface area contributed by atoms with Crippen LogP contribution in [0.5, 0.6) is 5.75 Å². The van der Waals surface area contributed by atoms with Crippen molar-refractivity contribution in [3.8, 4) is 22.7 Å². The monoisotopic (exact) mass is 600 g/mol. The van der Waals surface area contributed by atoms with Gasteiger partial charge in [0.1, 0.15) is 23.1 Å². The minimum Gasteiger partial charge on any atom is -0.493 e. The molecule has 1 saturated heterocycles. The molecule has 4 bridgehead atoms. The van der Waals surface area contributed by atoms with Crippen LogP contribution in [0.2, 0.25) is 0 Å². The molecule has 0 radical (unpaired) electrons. The van der Waals surface area contributed by atoms with E-state index in [-0.39, 0.29) is 51.7 Å². The molecule has 2 aliphatic heterocycles. The van der Waals surface area contributed by atoms with E-state index in [1.54, 1.807) is 11.0 Å². The molecule has 0 N–H and O–H groups in total. The van der Waals surface area contributed by atoms with Crippen LogP contribution in [-0.2, 0) is 11.2 Å². The van der Waals surface area contributed by atoms with Gasteiger partial charge in [0.25, 0.3) is 0 Å². The zero-order valence-corrected chi connectivity index (χ0v) is 25.0. The number of aromatic nitrogens is 4. The van der Waals surface area contributed by atoms with Crippen molar-refractivity contribution in [1.82, 2.24) is 24.4 Å². The highest BCUT2D eigenvalue weighted by Crippen LogP contribution is 2.37. The van der Waals surface area contributed by atoms with Crippen LogP contribution in [0.4, 0.5) is 14.6 Å². The summed E-state index contributed by atoms with van der Waals surface area (Å²) < 4.78 is 38.9. The lowest BCUT2D eigenvalue weighted by Crippen LogP contribution is -2.54. The van der Waals surface area contributed by atoms with Crippen LogP contribution < -0.4 is 15.3 Å². The van der Waals surface area contributed by atoms with Crippen molar-refractivity contribution < 1.29 is 18.3 Å². The normalized spacial score (nSPS) is 16.9. The first kappa shape index (κ1) is 29.4. The zero-order chi connectivity index (χ0) is 31.1. The molecule has 4 aromatic rings. The van der Waals surface area contributed by atoms with Gasteiger partial charge in [-0.05, 0) is 68.0 Å². The Kier molecular flexibility index (Phi) is 7.87. The predicted molar refractivity (Wildman–Crippen MR) is 164 cm³/mol. The first-order chi connectivity index (χ1) is 21.2. The van der Waals surface area contributed by atoms with E-state index in [1.807, 2.05) is 37.9 Å². The van der Waals surface area contributed by atoms with Crippen molar-refractivity contribution in [2.45, 2.75) is 52.0 Å². The third-order valence-corrected chi connectivity index (χ3v) is 8.26. The quantitative estimate of drug-likeness (QED) is 0.299. The molecule has 3 aromatic heterocycles. The van der Waals surface area contributed by atoms with Crippen molar-refractivity contribution in [2.24, 2.45) is 0 Å². The molecule has 11 heteroatoms. The number of hydrogen-bond acceptors (Lipinski definition) is 7. The van der Waals surface area contributed by atoms with Gasteiger partial charge in [-0.2, -0.15) is 4.98 Å². The van der Waals surface area contributed by atoms with E-state index in [4.69, 9.17) is 14.7 Å². The Hall–Kier alpha value is -4.67. The molecule has 1 atom stereocenters. The summed E-state index contributed by atoms with van der Waals surface area (Å²) in [5, 5.41) is 0.284. The Morgan fingerprint density at radius 3 is 2.70 bits per heavy atom. The summed E-state index contributed by atoms with van der Waals surface area (Å²) in [5.74, 6) is -1.29. The molecule has 0 spiro atoms. The Labute approximate surface area is 253 Å². The van der Waals surface area contributed by atoms with E-state index in [0.29, 0.717) is 50.5 Å². The van der Waals surface area contributed by atoms with Crippen molar-refractivity contribution in [3.05, 3.63) is 82.6 Å². The summed E-state index contributed by atoms with van der Waals surface area (Å²) in [5.41, 5.74) is 1.22. The van der Waals surface area contributed by atoms with Crippen molar-refractivity contribution in [2.75, 3.05) is 31.1 Å². The van der Waals surface area contributed by atoms with E-state index in [2.05, 4.69) is 11.6 Å². The number of ether oxygens (including phenoxy) is 1. The van der Waals surface area contributed by atoms with Gasteiger partial charge in [-0.25, -0.2) is 23.1 Å². The summed E-state index contributed by atoms with van der Waals surface area (Å²) >= 11 is 0. The van der Waals surface area contributed by atoms with Gasteiger partial charge in [-0.3, -0.25) is 9.78 Å². The fourth-order valence-electron chi connectivity index (χ4n) is 6.05. The molecule has 228 valence electrons. The second-order valence-electron chi connectivity index (χ2n) is 11.6. The number of nitrogens with zero attached hydrogens (tertiary/aromatic N) is 6. The number of rotatable bonds is 3. The zero-order valence-electron chi connectivity index (χ0n) is 25.0. The average molecular weight is 601 g/mol. The van der Waals surface area contributed by atoms with Gasteiger partial charge in [0, 0.05) is 31.9 Å². The minimum absolute atomic E-state index is 0.0541. The van der Waals surface area contributed by atoms with Gasteiger partial charge >= 0.3 is 5.69 Å². The number of anilines is 1. The summed E-state index contributed by atoms with van der Waals surface area (Å²) in [4.78, 5) is 43.9. The van der Waals surface area contributed by atoms with E-state index < -0.39 is 17.3 Å². The second-order valence-corrected chi connectivity index (χ2v) is 11.6. The van der Waals surface area contributed by atoms with Gasteiger partial charge in [0.15, 0.2) is 11.5 Å². The second kappa shape index (κ2) is 11.8. The highest BCUT2D eigenvalue weighted by molar-refractivity contribution is 5.91. The summed E-state index contributed by atoms with van der Waals surface area (Å²) in [6.45, 7) is 10.8. The third kappa shape index (κ3) is 5.20. The molecular weight excluding hydrogens is 566 g/mol. The highest BCUT2D eigenvalue weighted by Gasteiger charge is 2.31. The Morgan fingerprint density at radius 1 is 1.14 bits per heavy atom. The molecular formula is C33H34F2N6O3. The number of pyridine rings is 2. The maximum absolute atomic E-state index is 16.2. The predicted octanol–water partition coefficient (Wildman–Crippen LogP) is 5.18. The molecule has 1 aromatic carbocycles. The van der Waals surface area contributed by atoms with Gasteiger partial charge in [-0.1, -0.05) is 26.5 Å². The molecule has 5 heterocycles. The average Bonchev–Trinajstić information content (AvgIpc) is 3.00. The number of amides is 1. The maximum atomic E-state index is 16.2. The van der Waals surface area contributed by atoms with Crippen LogP contribution in [0.15, 0.2) is 54.0 Å². The third-order valence-electron chi connectivity index (χ3n) is 8.26. The van der Waals surface area contributed by atoms with E-state index in [9.17, 15) is 9.59 Å². The van der Waals surface area contributed by atoms with Crippen LogP contribution in [-0.4, -0.2) is 62.6 Å². The van der Waals surface area contributed by atoms with Gasteiger partial charge < -0.3 is 14.5 Å². The number of halogens is 2. The van der Waals surface area contributed by atoms with Crippen LogP contribution in [0, 0.1) is 11.6 Å². The molecule has 1 fully saturated rings. The first-order valence-corrected chi connectivity index (χ1v) is 14.9. The minimum atomic E-state index is -0.781. The van der Waals surface area contributed by atoms with Crippen LogP contribution in [0.1, 0.15) is 50.8 Å². The SMILES string of the molecule is C=CC(=O)N1CCN(c2nc(=O)n3c4nc(c(F)cc24)-c2c(F)cccc2OCCCCc2cnc(C(C)C)c-3c2)[C@H](C)C1. The van der Waals surface area contributed by atoms with E-state index in [0.717, 1.165) is 12.0 Å². The van der Waals surface area contributed by atoms with E-state index >= 15 is 8.78 Å². The Morgan fingerprint density at radius 2 is 1.95 bits per heavy atom. The number of aryl methyl sites for hydroxylation is 1. The van der Waals surface area contributed by atoms with Crippen LogP contribution >= 0.6 is 0 Å². The lowest BCUT2D eigenvalue weighted by atomic mass is 10.0. The van der Waals surface area contributed by atoms with Gasteiger partial charge in [0.05, 0.1) is 28.9 Å². The molecule has 0 unspecified atom stereocenters. The largest absolute Gasteiger partial charge is 0.493 e. The molecule has 0 saturated carbocycles. The number of piperazine rings is 1. The number of hydrogen-bond donors (Lipinski definition) is 0. The van der Waals surface area contributed by atoms with E-state index in [1.165, 1.54) is 28.8 Å². The molecule has 44 heavy (non-hydrogen) atoms. The lowest BCUT2D eigenvalue weighted by molar-refractivity contribution is -0.126.